The maximum absolute atomic E-state index is 12.6. The summed E-state index contributed by atoms with van der Waals surface area (Å²) in [5.74, 6) is 0.805. The summed E-state index contributed by atoms with van der Waals surface area (Å²) in [7, 11) is 1.56. The van der Waals surface area contributed by atoms with Gasteiger partial charge >= 0.3 is 0 Å². The van der Waals surface area contributed by atoms with Crippen LogP contribution in [0.4, 0.5) is 0 Å². The van der Waals surface area contributed by atoms with Gasteiger partial charge in [-0.2, -0.15) is 5.10 Å². The Labute approximate surface area is 201 Å². The van der Waals surface area contributed by atoms with Crippen molar-refractivity contribution in [3.05, 3.63) is 106 Å². The Morgan fingerprint density at radius 3 is 2.61 bits per heavy atom. The van der Waals surface area contributed by atoms with Crippen LogP contribution in [0.5, 0.6) is 11.5 Å². The van der Waals surface area contributed by atoms with E-state index in [-0.39, 0.29) is 12.5 Å². The monoisotopic (exact) mass is 478 g/mol. The molecule has 0 heterocycles. The maximum Gasteiger partial charge on any atom is 0.271 e. The Balaban J connectivity index is 1.43. The van der Waals surface area contributed by atoms with Gasteiger partial charge in [0.25, 0.3) is 5.91 Å². The van der Waals surface area contributed by atoms with E-state index in [4.69, 9.17) is 32.7 Å². The lowest BCUT2D eigenvalue weighted by atomic mass is 10.0. The summed E-state index contributed by atoms with van der Waals surface area (Å²) in [4.78, 5) is 12.6. The van der Waals surface area contributed by atoms with Crippen molar-refractivity contribution in [3.63, 3.8) is 0 Å². The fraction of sp³-hybridized carbons (Fsp3) is 0.0769. The molecule has 33 heavy (non-hydrogen) atoms. The number of methoxy groups -OCH3 is 1. The zero-order valence-corrected chi connectivity index (χ0v) is 19.2. The molecule has 7 heteroatoms. The van der Waals surface area contributed by atoms with Crippen LogP contribution in [0.15, 0.2) is 84.0 Å². The first kappa shape index (κ1) is 22.6. The number of halogens is 2. The van der Waals surface area contributed by atoms with Gasteiger partial charge < -0.3 is 9.47 Å². The largest absolute Gasteiger partial charge is 0.493 e. The highest BCUT2D eigenvalue weighted by Gasteiger charge is 2.10. The van der Waals surface area contributed by atoms with Gasteiger partial charge in [-0.3, -0.25) is 4.79 Å². The number of nitrogens with one attached hydrogen (secondary N) is 1. The van der Waals surface area contributed by atoms with Crippen LogP contribution >= 0.6 is 23.2 Å². The standard InChI is InChI=1S/C26H20Cl2N2O3/c1-32-25-13-17(9-12-24(25)33-16-19-10-11-20(27)14-23(19)28)15-29-30-26(31)22-8-4-6-18-5-2-3-7-21(18)22/h2-15H,16H2,1H3,(H,30,31)/b29-15-. The second-order valence-corrected chi connectivity index (χ2v) is 8.00. The van der Waals surface area contributed by atoms with Gasteiger partial charge in [-0.1, -0.05) is 65.7 Å². The summed E-state index contributed by atoms with van der Waals surface area (Å²) in [5.41, 5.74) is 4.69. The number of hydrogen-bond donors (Lipinski definition) is 1. The molecule has 0 aromatic heterocycles. The van der Waals surface area contributed by atoms with Crippen molar-refractivity contribution >= 4 is 46.1 Å². The number of amides is 1. The third-order valence-corrected chi connectivity index (χ3v) is 5.59. The lowest BCUT2D eigenvalue weighted by Crippen LogP contribution is -2.17. The molecule has 0 radical (unpaired) electrons. The van der Waals surface area contributed by atoms with Crippen LogP contribution in [0.25, 0.3) is 10.8 Å². The van der Waals surface area contributed by atoms with Crippen molar-refractivity contribution in [2.75, 3.05) is 7.11 Å². The molecule has 0 aliphatic carbocycles. The summed E-state index contributed by atoms with van der Waals surface area (Å²) < 4.78 is 11.3. The summed E-state index contributed by atoms with van der Waals surface area (Å²) >= 11 is 12.1. The second-order valence-electron chi connectivity index (χ2n) is 7.16. The molecule has 0 saturated heterocycles. The van der Waals surface area contributed by atoms with Gasteiger partial charge in [0.1, 0.15) is 6.61 Å². The maximum atomic E-state index is 12.6. The average molecular weight is 479 g/mol. The van der Waals surface area contributed by atoms with Crippen molar-refractivity contribution in [3.8, 4) is 11.5 Å². The molecule has 4 aromatic rings. The molecule has 0 saturated carbocycles. The van der Waals surface area contributed by atoms with Crippen molar-refractivity contribution < 1.29 is 14.3 Å². The van der Waals surface area contributed by atoms with Gasteiger partial charge in [0.15, 0.2) is 11.5 Å². The van der Waals surface area contributed by atoms with E-state index in [1.807, 2.05) is 48.5 Å². The number of rotatable bonds is 7. The lowest BCUT2D eigenvalue weighted by Gasteiger charge is -2.12. The molecule has 0 bridgehead atoms. The molecule has 166 valence electrons. The molecular formula is C26H20Cl2N2O3. The van der Waals surface area contributed by atoms with Gasteiger partial charge in [0, 0.05) is 21.2 Å². The molecule has 1 N–H and O–H groups in total. The summed E-state index contributed by atoms with van der Waals surface area (Å²) in [5, 5.41) is 7.06. The first-order valence-electron chi connectivity index (χ1n) is 10.1. The third kappa shape index (κ3) is 5.45. The number of hydrogen-bond acceptors (Lipinski definition) is 4. The van der Waals surface area contributed by atoms with Crippen LogP contribution in [-0.4, -0.2) is 19.2 Å². The highest BCUT2D eigenvalue weighted by Crippen LogP contribution is 2.30. The van der Waals surface area contributed by atoms with Crippen molar-refractivity contribution in [2.45, 2.75) is 6.61 Å². The number of benzene rings is 4. The molecule has 5 nitrogen and oxygen atoms in total. The predicted octanol–water partition coefficient (Wildman–Crippen LogP) is 6.50. The van der Waals surface area contributed by atoms with E-state index in [0.29, 0.717) is 27.1 Å². The van der Waals surface area contributed by atoms with E-state index in [9.17, 15) is 4.79 Å². The zero-order valence-electron chi connectivity index (χ0n) is 17.7. The van der Waals surface area contributed by atoms with E-state index in [1.54, 1.807) is 43.7 Å². The summed E-state index contributed by atoms with van der Waals surface area (Å²) in [6.45, 7) is 0.265. The average Bonchev–Trinajstić information content (AvgIpc) is 2.83. The lowest BCUT2D eigenvalue weighted by molar-refractivity contribution is 0.0957. The molecule has 0 aliphatic rings. The van der Waals surface area contributed by atoms with Crippen LogP contribution in [-0.2, 0) is 6.61 Å². The second kappa shape index (κ2) is 10.4. The number of fused-ring (bicyclic) bond motifs is 1. The zero-order chi connectivity index (χ0) is 23.2. The fourth-order valence-electron chi connectivity index (χ4n) is 3.33. The van der Waals surface area contributed by atoms with Crippen LogP contribution in [0.2, 0.25) is 10.0 Å². The Hall–Kier alpha value is -3.54. The SMILES string of the molecule is COc1cc(/C=N\NC(=O)c2cccc3ccccc23)ccc1OCc1ccc(Cl)cc1Cl. The molecule has 4 aromatic carbocycles. The highest BCUT2D eigenvalue weighted by atomic mass is 35.5. The van der Waals surface area contributed by atoms with Gasteiger partial charge in [0.05, 0.1) is 13.3 Å². The molecule has 0 unspecified atom stereocenters. The van der Waals surface area contributed by atoms with Gasteiger partial charge in [0.2, 0.25) is 0 Å². The van der Waals surface area contributed by atoms with E-state index >= 15 is 0 Å². The molecule has 0 atom stereocenters. The summed E-state index contributed by atoms with van der Waals surface area (Å²) in [6.07, 6.45) is 1.55. The van der Waals surface area contributed by atoms with Crippen LogP contribution < -0.4 is 14.9 Å². The van der Waals surface area contributed by atoms with Gasteiger partial charge in [-0.25, -0.2) is 5.43 Å². The fourth-order valence-corrected chi connectivity index (χ4v) is 3.79. The number of ether oxygens (including phenoxy) is 2. The topological polar surface area (TPSA) is 59.9 Å². The Morgan fingerprint density at radius 2 is 1.79 bits per heavy atom. The molecule has 1 amide bonds. The molecular weight excluding hydrogens is 459 g/mol. The van der Waals surface area contributed by atoms with E-state index in [0.717, 1.165) is 21.9 Å². The Morgan fingerprint density at radius 1 is 0.970 bits per heavy atom. The molecule has 4 rings (SSSR count). The Bertz CT molecular complexity index is 1330. The van der Waals surface area contributed by atoms with Crippen LogP contribution in [0.1, 0.15) is 21.5 Å². The number of carbonyl (C=O) groups excluding carboxylic acids is 1. The minimum absolute atomic E-state index is 0.265. The van der Waals surface area contributed by atoms with Gasteiger partial charge in [-0.05, 0) is 52.7 Å². The third-order valence-electron chi connectivity index (χ3n) is 5.00. The first-order chi connectivity index (χ1) is 16.0. The Kier molecular flexibility index (Phi) is 7.13. The highest BCUT2D eigenvalue weighted by molar-refractivity contribution is 6.35. The minimum Gasteiger partial charge on any atom is -0.493 e. The predicted molar refractivity (Wildman–Crippen MR) is 133 cm³/mol. The van der Waals surface area contributed by atoms with Crippen molar-refractivity contribution in [1.29, 1.82) is 0 Å². The number of hydrazone groups is 1. The summed E-state index contributed by atoms with van der Waals surface area (Å²) in [6, 6.07) is 23.9. The quantitative estimate of drug-likeness (QED) is 0.243. The normalized spacial score (nSPS) is 11.0. The minimum atomic E-state index is -0.283. The van der Waals surface area contributed by atoms with E-state index in [2.05, 4.69) is 10.5 Å². The van der Waals surface area contributed by atoms with E-state index in [1.165, 1.54) is 0 Å². The first-order valence-corrected chi connectivity index (χ1v) is 10.9. The number of nitrogens with zero attached hydrogens (tertiary/aromatic N) is 1. The van der Waals surface area contributed by atoms with Gasteiger partial charge in [-0.15, -0.1) is 0 Å². The molecule has 0 fully saturated rings. The number of carbonyl (C=O) groups is 1. The van der Waals surface area contributed by atoms with Crippen molar-refractivity contribution in [1.82, 2.24) is 5.43 Å². The smallest absolute Gasteiger partial charge is 0.271 e. The van der Waals surface area contributed by atoms with Crippen LogP contribution in [0.3, 0.4) is 0 Å². The van der Waals surface area contributed by atoms with E-state index < -0.39 is 0 Å². The molecule has 0 aliphatic heterocycles. The molecule has 0 spiro atoms. The van der Waals surface area contributed by atoms with Crippen LogP contribution in [0, 0.1) is 0 Å². The van der Waals surface area contributed by atoms with Crippen molar-refractivity contribution in [2.24, 2.45) is 5.10 Å².